The SMILES string of the molecule is C([Se]c1ccccc1)=C(COc1ccccc1)[Se]c1ccccc1. The first-order valence-corrected chi connectivity index (χ1v) is 11.3. The minimum absolute atomic E-state index is 0.298. The van der Waals surface area contributed by atoms with Crippen LogP contribution in [0.4, 0.5) is 0 Å². The molecule has 0 aliphatic heterocycles. The van der Waals surface area contributed by atoms with Crippen molar-refractivity contribution in [2.45, 2.75) is 0 Å². The number of hydrogen-bond acceptors (Lipinski definition) is 1. The predicted octanol–water partition coefficient (Wildman–Crippen LogP) is 2.97. The molecule has 0 unspecified atom stereocenters. The molecule has 3 aromatic carbocycles. The summed E-state index contributed by atoms with van der Waals surface area (Å²) in [6.07, 6.45) is 0. The van der Waals surface area contributed by atoms with E-state index in [1.54, 1.807) is 0 Å². The van der Waals surface area contributed by atoms with Crippen LogP contribution < -0.4 is 13.7 Å². The van der Waals surface area contributed by atoms with Gasteiger partial charge in [-0.2, -0.15) is 0 Å². The average molecular weight is 444 g/mol. The van der Waals surface area contributed by atoms with Gasteiger partial charge in [0.15, 0.2) is 0 Å². The Balaban J connectivity index is 1.70. The first kappa shape index (κ1) is 17.1. The number of rotatable bonds is 7. The summed E-state index contributed by atoms with van der Waals surface area (Å²) in [4.78, 5) is 2.39. The zero-order valence-corrected chi connectivity index (χ0v) is 16.6. The quantitative estimate of drug-likeness (QED) is 0.510. The van der Waals surface area contributed by atoms with Crippen LogP contribution in [0.5, 0.6) is 5.75 Å². The van der Waals surface area contributed by atoms with Crippen molar-refractivity contribution in [3.8, 4) is 5.75 Å². The van der Waals surface area contributed by atoms with E-state index in [1.165, 1.54) is 13.4 Å². The molecule has 0 fully saturated rings. The predicted molar refractivity (Wildman–Crippen MR) is 104 cm³/mol. The van der Waals surface area contributed by atoms with E-state index in [4.69, 9.17) is 4.74 Å². The van der Waals surface area contributed by atoms with Crippen LogP contribution in [0.2, 0.25) is 0 Å². The van der Waals surface area contributed by atoms with Crippen LogP contribution in [0, 0.1) is 0 Å². The van der Waals surface area contributed by atoms with Crippen LogP contribution in [0.3, 0.4) is 0 Å². The van der Waals surface area contributed by atoms with E-state index in [0.717, 1.165) is 5.75 Å². The van der Waals surface area contributed by atoms with Gasteiger partial charge in [-0.05, 0) is 0 Å². The van der Waals surface area contributed by atoms with Gasteiger partial charge >= 0.3 is 156 Å². The van der Waals surface area contributed by atoms with E-state index in [-0.39, 0.29) is 0 Å². The molecule has 0 aliphatic carbocycles. The van der Waals surface area contributed by atoms with E-state index in [2.05, 4.69) is 65.6 Å². The molecular weight excluding hydrogens is 426 g/mol. The van der Waals surface area contributed by atoms with Crippen molar-refractivity contribution in [2.24, 2.45) is 0 Å². The molecule has 0 saturated carbocycles. The van der Waals surface area contributed by atoms with Gasteiger partial charge in [0.1, 0.15) is 0 Å². The fourth-order valence-electron chi connectivity index (χ4n) is 2.03. The second kappa shape index (κ2) is 9.51. The van der Waals surface area contributed by atoms with Gasteiger partial charge in [0.25, 0.3) is 0 Å². The molecule has 0 saturated heterocycles. The number of hydrogen-bond donors (Lipinski definition) is 0. The summed E-state index contributed by atoms with van der Waals surface area (Å²) in [7, 11) is 0. The Bertz CT molecular complexity index is 756. The third-order valence-electron chi connectivity index (χ3n) is 3.19. The summed E-state index contributed by atoms with van der Waals surface area (Å²) in [5, 5.41) is 0. The van der Waals surface area contributed by atoms with E-state index in [1.807, 2.05) is 30.3 Å². The molecular formula is C21H18OSe2. The maximum absolute atomic E-state index is 5.99. The van der Waals surface area contributed by atoms with Gasteiger partial charge in [0.05, 0.1) is 0 Å². The van der Waals surface area contributed by atoms with E-state index >= 15 is 0 Å². The fraction of sp³-hybridized carbons (Fsp3) is 0.0476. The van der Waals surface area contributed by atoms with Crippen molar-refractivity contribution < 1.29 is 4.74 Å². The van der Waals surface area contributed by atoms with E-state index in [0.29, 0.717) is 36.5 Å². The molecule has 3 heteroatoms. The van der Waals surface area contributed by atoms with Gasteiger partial charge in [-0.3, -0.25) is 0 Å². The molecule has 0 amide bonds. The molecule has 120 valence electrons. The van der Waals surface area contributed by atoms with Gasteiger partial charge < -0.3 is 0 Å². The Morgan fingerprint density at radius 1 is 0.708 bits per heavy atom. The molecule has 1 nitrogen and oxygen atoms in total. The zero-order chi connectivity index (χ0) is 16.5. The molecule has 0 heterocycles. The molecule has 0 spiro atoms. The van der Waals surface area contributed by atoms with Crippen molar-refractivity contribution in [1.82, 2.24) is 0 Å². The summed E-state index contributed by atoms with van der Waals surface area (Å²) in [5.41, 5.74) is 0. The standard InChI is InChI=1S/C21H18OSe2/c1-4-10-18(11-5-1)22-16-21(24-20-14-8-3-9-15-20)17-23-19-12-6-2-7-13-19/h1-15,17H,16H2. The molecule has 0 aliphatic rings. The van der Waals surface area contributed by atoms with E-state index < -0.39 is 0 Å². The number of benzene rings is 3. The Labute approximate surface area is 156 Å². The second-order valence-corrected chi connectivity index (χ2v) is 9.53. The van der Waals surface area contributed by atoms with Crippen molar-refractivity contribution in [1.29, 1.82) is 0 Å². The first-order chi connectivity index (χ1) is 11.9. The summed E-state index contributed by atoms with van der Waals surface area (Å²) >= 11 is 0.639. The Morgan fingerprint density at radius 2 is 1.25 bits per heavy atom. The third kappa shape index (κ3) is 5.70. The fourth-order valence-corrected chi connectivity index (χ4v) is 6.04. The van der Waals surface area contributed by atoms with Gasteiger partial charge in [-0.1, -0.05) is 0 Å². The molecule has 24 heavy (non-hydrogen) atoms. The van der Waals surface area contributed by atoms with Gasteiger partial charge in [0.2, 0.25) is 0 Å². The van der Waals surface area contributed by atoms with Crippen LogP contribution in [0.25, 0.3) is 0 Å². The summed E-state index contributed by atoms with van der Waals surface area (Å²) in [6, 6.07) is 31.4. The normalized spacial score (nSPS) is 11.2. The number of para-hydroxylation sites is 1. The topological polar surface area (TPSA) is 9.23 Å². The molecule has 0 atom stereocenters. The summed E-state index contributed by atoms with van der Waals surface area (Å²) in [6.45, 7) is 0.660. The Kier molecular flexibility index (Phi) is 6.77. The molecule has 0 radical (unpaired) electrons. The number of ether oxygens (including phenoxy) is 1. The molecule has 0 aromatic heterocycles. The van der Waals surface area contributed by atoms with Gasteiger partial charge in [-0.15, -0.1) is 0 Å². The Morgan fingerprint density at radius 3 is 1.88 bits per heavy atom. The second-order valence-electron chi connectivity index (χ2n) is 5.03. The minimum atomic E-state index is 0.298. The van der Waals surface area contributed by atoms with Crippen LogP contribution >= 0.6 is 0 Å². The molecule has 3 aromatic rings. The third-order valence-corrected chi connectivity index (χ3v) is 8.04. The summed E-state index contributed by atoms with van der Waals surface area (Å²) < 4.78 is 10.2. The van der Waals surface area contributed by atoms with E-state index in [9.17, 15) is 0 Å². The molecule has 0 N–H and O–H groups in total. The van der Waals surface area contributed by atoms with Crippen molar-refractivity contribution in [3.63, 3.8) is 0 Å². The van der Waals surface area contributed by atoms with Gasteiger partial charge in [0, 0.05) is 0 Å². The van der Waals surface area contributed by atoms with Crippen LogP contribution in [0.1, 0.15) is 0 Å². The maximum atomic E-state index is 5.99. The monoisotopic (exact) mass is 446 g/mol. The van der Waals surface area contributed by atoms with Crippen molar-refractivity contribution >= 4 is 38.8 Å². The van der Waals surface area contributed by atoms with Crippen molar-refractivity contribution in [2.75, 3.05) is 6.61 Å². The van der Waals surface area contributed by atoms with Crippen LogP contribution in [0.15, 0.2) is 100 Å². The zero-order valence-electron chi connectivity index (χ0n) is 13.2. The Hall–Kier alpha value is -1.76. The summed E-state index contributed by atoms with van der Waals surface area (Å²) in [5.74, 6) is 0.930. The molecule has 3 rings (SSSR count). The van der Waals surface area contributed by atoms with Crippen molar-refractivity contribution in [3.05, 3.63) is 100 Å². The average Bonchev–Trinajstić information content (AvgIpc) is 2.66. The molecule has 0 bridgehead atoms. The van der Waals surface area contributed by atoms with Crippen LogP contribution in [-0.4, -0.2) is 36.5 Å². The van der Waals surface area contributed by atoms with Gasteiger partial charge in [-0.25, -0.2) is 0 Å². The van der Waals surface area contributed by atoms with Crippen LogP contribution in [-0.2, 0) is 0 Å². The first-order valence-electron chi connectivity index (χ1n) is 7.72.